The fourth-order valence-corrected chi connectivity index (χ4v) is 1.97. The van der Waals surface area contributed by atoms with Gasteiger partial charge in [0.1, 0.15) is 5.75 Å². The lowest BCUT2D eigenvalue weighted by atomic mass is 9.97. The minimum Gasteiger partial charge on any atom is -0.493 e. The van der Waals surface area contributed by atoms with Gasteiger partial charge < -0.3 is 14.9 Å². The van der Waals surface area contributed by atoms with Crippen LogP contribution in [0.1, 0.15) is 24.8 Å². The predicted molar refractivity (Wildman–Crippen MR) is 67.2 cm³/mol. The molecule has 19 heavy (non-hydrogen) atoms. The Bertz CT molecular complexity index is 473. The minimum absolute atomic E-state index is 0.0378. The van der Waals surface area contributed by atoms with E-state index in [0.29, 0.717) is 12.2 Å². The Hall–Kier alpha value is -2.04. The van der Waals surface area contributed by atoms with E-state index in [2.05, 4.69) is 0 Å². The number of carboxylic acid groups (broad SMARTS) is 2. The highest BCUT2D eigenvalue weighted by molar-refractivity contribution is 5.78. The number of aliphatic carboxylic acids is 2. The Balaban J connectivity index is 1.88. The lowest BCUT2D eigenvalue weighted by Gasteiger charge is -2.10. The summed E-state index contributed by atoms with van der Waals surface area (Å²) in [5, 5.41) is 17.6. The zero-order valence-electron chi connectivity index (χ0n) is 10.5. The van der Waals surface area contributed by atoms with Crippen molar-refractivity contribution >= 4 is 11.9 Å². The molecular weight excluding hydrogens is 248 g/mol. The highest BCUT2D eigenvalue weighted by Crippen LogP contribution is 2.48. The summed E-state index contributed by atoms with van der Waals surface area (Å²) >= 11 is 0. The van der Waals surface area contributed by atoms with Crippen LogP contribution in [0.5, 0.6) is 5.75 Å². The molecule has 5 heteroatoms. The first kappa shape index (κ1) is 13.4. The molecule has 0 heterocycles. The Morgan fingerprint density at radius 1 is 1.16 bits per heavy atom. The van der Waals surface area contributed by atoms with Crippen LogP contribution in [0.4, 0.5) is 0 Å². The molecule has 5 nitrogen and oxygen atoms in total. The van der Waals surface area contributed by atoms with Crippen molar-refractivity contribution in [1.29, 1.82) is 0 Å². The molecule has 2 N–H and O–H groups in total. The van der Waals surface area contributed by atoms with Gasteiger partial charge in [-0.1, -0.05) is 12.1 Å². The summed E-state index contributed by atoms with van der Waals surface area (Å²) in [6.07, 6.45) is 1.97. The van der Waals surface area contributed by atoms with Crippen molar-refractivity contribution in [2.24, 2.45) is 5.41 Å². The molecule has 0 radical (unpaired) electrons. The first-order valence-corrected chi connectivity index (χ1v) is 6.19. The van der Waals surface area contributed by atoms with E-state index in [0.717, 1.165) is 18.4 Å². The maximum atomic E-state index is 11.1. The van der Waals surface area contributed by atoms with Crippen molar-refractivity contribution in [2.75, 3.05) is 6.61 Å². The zero-order chi connectivity index (χ0) is 13.9. The second kappa shape index (κ2) is 5.30. The number of hydrogen-bond acceptors (Lipinski definition) is 3. The minimum atomic E-state index is -0.895. The molecule has 0 saturated heterocycles. The van der Waals surface area contributed by atoms with Crippen LogP contribution in [-0.2, 0) is 16.0 Å². The van der Waals surface area contributed by atoms with Gasteiger partial charge in [-0.15, -0.1) is 0 Å². The third-order valence-electron chi connectivity index (χ3n) is 3.36. The van der Waals surface area contributed by atoms with Gasteiger partial charge in [0.25, 0.3) is 0 Å². The first-order valence-electron chi connectivity index (χ1n) is 6.19. The van der Waals surface area contributed by atoms with Gasteiger partial charge in [0.05, 0.1) is 18.4 Å². The van der Waals surface area contributed by atoms with E-state index >= 15 is 0 Å². The van der Waals surface area contributed by atoms with Gasteiger partial charge in [-0.2, -0.15) is 0 Å². The topological polar surface area (TPSA) is 83.8 Å². The summed E-state index contributed by atoms with van der Waals surface area (Å²) in [6.45, 7) is 0.133. The van der Waals surface area contributed by atoms with Crippen LogP contribution < -0.4 is 4.74 Å². The number of rotatable bonds is 7. The number of hydrogen-bond donors (Lipinski definition) is 2. The summed E-state index contributed by atoms with van der Waals surface area (Å²) in [5.41, 5.74) is 0.400. The van der Waals surface area contributed by atoms with Gasteiger partial charge in [-0.3, -0.25) is 9.59 Å². The van der Waals surface area contributed by atoms with Crippen molar-refractivity contribution < 1.29 is 24.5 Å². The Labute approximate surface area is 110 Å². The zero-order valence-corrected chi connectivity index (χ0v) is 10.5. The molecule has 0 spiro atoms. The van der Waals surface area contributed by atoms with E-state index in [9.17, 15) is 9.59 Å². The SMILES string of the molecule is O=C(O)CCOc1ccc(CC2(C(=O)O)CC2)cc1. The third kappa shape index (κ3) is 3.47. The van der Waals surface area contributed by atoms with Crippen LogP contribution >= 0.6 is 0 Å². The van der Waals surface area contributed by atoms with Gasteiger partial charge >= 0.3 is 11.9 Å². The Kier molecular flexibility index (Phi) is 3.74. The van der Waals surface area contributed by atoms with Gasteiger partial charge in [-0.05, 0) is 37.0 Å². The smallest absolute Gasteiger partial charge is 0.309 e. The second-order valence-electron chi connectivity index (χ2n) is 4.90. The highest BCUT2D eigenvalue weighted by Gasteiger charge is 2.49. The average molecular weight is 264 g/mol. The number of carboxylic acids is 2. The van der Waals surface area contributed by atoms with Crippen molar-refractivity contribution in [2.45, 2.75) is 25.7 Å². The maximum Gasteiger partial charge on any atom is 0.309 e. The standard InChI is InChI=1S/C14H16O5/c15-12(16)5-8-19-11-3-1-10(2-4-11)9-14(6-7-14)13(17)18/h1-4H,5-9H2,(H,15,16)(H,17,18). The predicted octanol–water partition coefficient (Wildman–Crippen LogP) is 1.95. The van der Waals surface area contributed by atoms with E-state index in [1.807, 2.05) is 12.1 Å². The van der Waals surface area contributed by atoms with Gasteiger partial charge in [0.2, 0.25) is 0 Å². The van der Waals surface area contributed by atoms with Crippen LogP contribution in [0.3, 0.4) is 0 Å². The first-order chi connectivity index (χ1) is 9.02. The molecule has 102 valence electrons. The molecule has 0 aromatic heterocycles. The van der Waals surface area contributed by atoms with E-state index in [1.165, 1.54) is 0 Å². The molecule has 2 rings (SSSR count). The summed E-state index contributed by atoms with van der Waals surface area (Å²) in [6, 6.07) is 7.16. The molecule has 0 atom stereocenters. The monoisotopic (exact) mass is 264 g/mol. The fraction of sp³-hybridized carbons (Fsp3) is 0.429. The van der Waals surface area contributed by atoms with Gasteiger partial charge in [0.15, 0.2) is 0 Å². The molecule has 1 aliphatic rings. The van der Waals surface area contributed by atoms with Crippen LogP contribution in [0, 0.1) is 5.41 Å². The van der Waals surface area contributed by atoms with E-state index in [4.69, 9.17) is 14.9 Å². The fourth-order valence-electron chi connectivity index (χ4n) is 1.97. The molecule has 0 bridgehead atoms. The highest BCUT2D eigenvalue weighted by atomic mass is 16.5. The molecule has 0 amide bonds. The number of carbonyl (C=O) groups is 2. The van der Waals surface area contributed by atoms with Crippen molar-refractivity contribution in [3.05, 3.63) is 29.8 Å². The van der Waals surface area contributed by atoms with Gasteiger partial charge in [0, 0.05) is 0 Å². The summed E-state index contributed by atoms with van der Waals surface area (Å²) in [4.78, 5) is 21.4. The molecule has 0 aliphatic heterocycles. The van der Waals surface area contributed by atoms with E-state index in [1.54, 1.807) is 12.1 Å². The van der Waals surface area contributed by atoms with E-state index < -0.39 is 17.4 Å². The summed E-state index contributed by atoms with van der Waals surface area (Å²) in [7, 11) is 0. The molecule has 1 aliphatic carbocycles. The average Bonchev–Trinajstić information content (AvgIpc) is 3.12. The van der Waals surface area contributed by atoms with Crippen LogP contribution in [-0.4, -0.2) is 28.8 Å². The Morgan fingerprint density at radius 2 is 1.79 bits per heavy atom. The van der Waals surface area contributed by atoms with Crippen LogP contribution in [0.2, 0.25) is 0 Å². The molecule has 0 unspecified atom stereocenters. The van der Waals surface area contributed by atoms with E-state index in [-0.39, 0.29) is 13.0 Å². The second-order valence-corrected chi connectivity index (χ2v) is 4.90. The lowest BCUT2D eigenvalue weighted by molar-refractivity contribution is -0.143. The molecule has 1 fully saturated rings. The molecule has 1 aromatic rings. The summed E-state index contributed by atoms with van der Waals surface area (Å²) < 4.78 is 5.27. The number of benzene rings is 1. The molecular formula is C14H16O5. The normalized spacial score (nSPS) is 15.8. The number of ether oxygens (including phenoxy) is 1. The van der Waals surface area contributed by atoms with Crippen molar-refractivity contribution in [1.82, 2.24) is 0 Å². The van der Waals surface area contributed by atoms with Crippen LogP contribution in [0.15, 0.2) is 24.3 Å². The quantitative estimate of drug-likeness (QED) is 0.786. The van der Waals surface area contributed by atoms with Crippen molar-refractivity contribution in [3.63, 3.8) is 0 Å². The van der Waals surface area contributed by atoms with Crippen molar-refractivity contribution in [3.8, 4) is 5.75 Å². The maximum absolute atomic E-state index is 11.1. The lowest BCUT2D eigenvalue weighted by Crippen LogP contribution is -2.17. The Morgan fingerprint density at radius 3 is 2.26 bits per heavy atom. The molecule has 1 aromatic carbocycles. The van der Waals surface area contributed by atoms with Gasteiger partial charge in [-0.25, -0.2) is 0 Å². The largest absolute Gasteiger partial charge is 0.493 e. The molecule has 1 saturated carbocycles. The summed E-state index contributed by atoms with van der Waals surface area (Å²) in [5.74, 6) is -1.02. The third-order valence-corrected chi connectivity index (χ3v) is 3.36. The van der Waals surface area contributed by atoms with Crippen LogP contribution in [0.25, 0.3) is 0 Å².